The second-order valence-corrected chi connectivity index (χ2v) is 4.72. The first-order valence-corrected chi connectivity index (χ1v) is 5.82. The van der Waals surface area contributed by atoms with E-state index in [9.17, 15) is 8.78 Å². The number of ether oxygens (including phenoxy) is 1. The Balaban J connectivity index is 2.20. The van der Waals surface area contributed by atoms with Crippen LogP contribution >= 0.6 is 0 Å². The lowest BCUT2D eigenvalue weighted by atomic mass is 9.80. The second-order valence-electron chi connectivity index (χ2n) is 4.72. The summed E-state index contributed by atoms with van der Waals surface area (Å²) < 4.78 is 32.2. The molecule has 1 heterocycles. The lowest BCUT2D eigenvalue weighted by Gasteiger charge is -2.27. The van der Waals surface area contributed by atoms with Crippen LogP contribution in [-0.2, 0) is 11.2 Å². The SMILES string of the molecule is CNCC1(Cc2cccc(F)c2F)CCOC1. The summed E-state index contributed by atoms with van der Waals surface area (Å²) in [7, 11) is 1.86. The molecule has 1 aliphatic rings. The third kappa shape index (κ3) is 2.64. The summed E-state index contributed by atoms with van der Waals surface area (Å²) in [5.74, 6) is -1.50. The molecule has 1 fully saturated rings. The zero-order valence-electron chi connectivity index (χ0n) is 9.93. The molecule has 17 heavy (non-hydrogen) atoms. The van der Waals surface area contributed by atoms with Crippen molar-refractivity contribution in [1.82, 2.24) is 5.32 Å². The van der Waals surface area contributed by atoms with Crippen LogP contribution in [0.5, 0.6) is 0 Å². The van der Waals surface area contributed by atoms with Crippen molar-refractivity contribution in [2.45, 2.75) is 12.8 Å². The van der Waals surface area contributed by atoms with Crippen LogP contribution in [0.4, 0.5) is 8.78 Å². The molecule has 1 unspecified atom stereocenters. The van der Waals surface area contributed by atoms with Gasteiger partial charge in [0.15, 0.2) is 11.6 Å². The van der Waals surface area contributed by atoms with Gasteiger partial charge in [0.05, 0.1) is 6.61 Å². The predicted octanol–water partition coefficient (Wildman–Crippen LogP) is 2.13. The normalized spacial score (nSPS) is 24.2. The molecule has 2 nitrogen and oxygen atoms in total. The number of hydrogen-bond donors (Lipinski definition) is 1. The van der Waals surface area contributed by atoms with Crippen LogP contribution in [0.3, 0.4) is 0 Å². The molecule has 0 bridgehead atoms. The van der Waals surface area contributed by atoms with E-state index >= 15 is 0 Å². The maximum absolute atomic E-state index is 13.6. The largest absolute Gasteiger partial charge is 0.381 e. The Bertz CT molecular complexity index is 389. The van der Waals surface area contributed by atoms with Crippen LogP contribution < -0.4 is 5.32 Å². The number of rotatable bonds is 4. The Morgan fingerprint density at radius 2 is 2.24 bits per heavy atom. The van der Waals surface area contributed by atoms with E-state index in [1.807, 2.05) is 7.05 Å². The van der Waals surface area contributed by atoms with Crippen molar-refractivity contribution < 1.29 is 13.5 Å². The van der Waals surface area contributed by atoms with Crippen molar-refractivity contribution in [3.63, 3.8) is 0 Å². The average molecular weight is 241 g/mol. The summed E-state index contributed by atoms with van der Waals surface area (Å²) in [6.07, 6.45) is 1.39. The summed E-state index contributed by atoms with van der Waals surface area (Å²) in [4.78, 5) is 0. The standard InChI is InChI=1S/C13H17F2NO/c1-16-8-13(5-6-17-9-13)7-10-3-2-4-11(14)12(10)15/h2-4,16H,5-9H2,1H3. The van der Waals surface area contributed by atoms with Crippen molar-refractivity contribution in [3.05, 3.63) is 35.4 Å². The Labute approximate surface area is 100.0 Å². The van der Waals surface area contributed by atoms with Crippen molar-refractivity contribution in [1.29, 1.82) is 0 Å². The van der Waals surface area contributed by atoms with Gasteiger partial charge < -0.3 is 10.1 Å². The highest BCUT2D eigenvalue weighted by atomic mass is 19.2. The molecular weight excluding hydrogens is 224 g/mol. The first-order chi connectivity index (χ1) is 8.17. The van der Waals surface area contributed by atoms with Gasteiger partial charge in [-0.05, 0) is 31.5 Å². The molecule has 0 aromatic heterocycles. The van der Waals surface area contributed by atoms with Crippen LogP contribution in [0, 0.1) is 17.0 Å². The first-order valence-electron chi connectivity index (χ1n) is 5.82. The fourth-order valence-corrected chi connectivity index (χ4v) is 2.45. The highest BCUT2D eigenvalue weighted by Gasteiger charge is 2.35. The van der Waals surface area contributed by atoms with Crippen LogP contribution in [0.1, 0.15) is 12.0 Å². The van der Waals surface area contributed by atoms with Gasteiger partial charge in [0.2, 0.25) is 0 Å². The molecule has 1 saturated heterocycles. The van der Waals surface area contributed by atoms with Gasteiger partial charge in [0.1, 0.15) is 0 Å². The molecule has 0 spiro atoms. The number of halogens is 2. The second kappa shape index (κ2) is 5.10. The van der Waals surface area contributed by atoms with Crippen LogP contribution in [0.2, 0.25) is 0 Å². The fraction of sp³-hybridized carbons (Fsp3) is 0.538. The van der Waals surface area contributed by atoms with E-state index in [0.29, 0.717) is 25.2 Å². The predicted molar refractivity (Wildman–Crippen MR) is 61.9 cm³/mol. The summed E-state index contributed by atoms with van der Waals surface area (Å²) in [6, 6.07) is 4.35. The summed E-state index contributed by atoms with van der Waals surface area (Å²) in [5.41, 5.74) is 0.328. The van der Waals surface area contributed by atoms with Crippen molar-refractivity contribution in [3.8, 4) is 0 Å². The Hall–Kier alpha value is -1.00. The number of benzene rings is 1. The molecule has 1 aliphatic heterocycles. The minimum atomic E-state index is -0.777. The Morgan fingerprint density at radius 3 is 2.88 bits per heavy atom. The molecule has 0 amide bonds. The molecule has 1 aromatic carbocycles. The van der Waals surface area contributed by atoms with Crippen molar-refractivity contribution in [2.75, 3.05) is 26.8 Å². The van der Waals surface area contributed by atoms with Crippen molar-refractivity contribution >= 4 is 0 Å². The van der Waals surface area contributed by atoms with E-state index in [1.54, 1.807) is 12.1 Å². The van der Waals surface area contributed by atoms with Crippen LogP contribution in [-0.4, -0.2) is 26.8 Å². The molecule has 1 atom stereocenters. The maximum Gasteiger partial charge on any atom is 0.162 e. The van der Waals surface area contributed by atoms with Gasteiger partial charge in [-0.25, -0.2) is 8.78 Å². The summed E-state index contributed by atoms with van der Waals surface area (Å²) >= 11 is 0. The van der Waals surface area contributed by atoms with E-state index in [2.05, 4.69) is 5.32 Å². The lowest BCUT2D eigenvalue weighted by Crippen LogP contribution is -2.35. The highest BCUT2D eigenvalue weighted by Crippen LogP contribution is 2.33. The molecule has 0 aliphatic carbocycles. The van der Waals surface area contributed by atoms with E-state index < -0.39 is 11.6 Å². The quantitative estimate of drug-likeness (QED) is 0.872. The minimum Gasteiger partial charge on any atom is -0.381 e. The van der Waals surface area contributed by atoms with Gasteiger partial charge in [-0.15, -0.1) is 0 Å². The maximum atomic E-state index is 13.6. The zero-order chi connectivity index (χ0) is 12.3. The van der Waals surface area contributed by atoms with Crippen molar-refractivity contribution in [2.24, 2.45) is 5.41 Å². The Morgan fingerprint density at radius 1 is 1.41 bits per heavy atom. The molecule has 4 heteroatoms. The molecule has 0 radical (unpaired) electrons. The van der Waals surface area contributed by atoms with E-state index in [0.717, 1.165) is 19.0 Å². The molecule has 94 valence electrons. The molecule has 1 N–H and O–H groups in total. The molecule has 0 saturated carbocycles. The van der Waals surface area contributed by atoms with Gasteiger partial charge in [-0.3, -0.25) is 0 Å². The highest BCUT2D eigenvalue weighted by molar-refractivity contribution is 5.21. The first kappa shape index (κ1) is 12.5. The van der Waals surface area contributed by atoms with Gasteiger partial charge in [0.25, 0.3) is 0 Å². The van der Waals surface area contributed by atoms with E-state index in [1.165, 1.54) is 0 Å². The van der Waals surface area contributed by atoms with Gasteiger partial charge in [-0.1, -0.05) is 12.1 Å². The minimum absolute atomic E-state index is 0.108. The topological polar surface area (TPSA) is 21.3 Å². The fourth-order valence-electron chi connectivity index (χ4n) is 2.45. The summed E-state index contributed by atoms with van der Waals surface area (Å²) in [6.45, 7) is 2.05. The number of nitrogens with one attached hydrogen (secondary N) is 1. The average Bonchev–Trinajstić information content (AvgIpc) is 2.74. The number of hydrogen-bond acceptors (Lipinski definition) is 2. The lowest BCUT2D eigenvalue weighted by molar-refractivity contribution is 0.150. The third-order valence-electron chi connectivity index (χ3n) is 3.33. The van der Waals surface area contributed by atoms with Crippen LogP contribution in [0.15, 0.2) is 18.2 Å². The molecular formula is C13H17F2NO. The monoisotopic (exact) mass is 241 g/mol. The van der Waals surface area contributed by atoms with Crippen LogP contribution in [0.25, 0.3) is 0 Å². The van der Waals surface area contributed by atoms with E-state index in [4.69, 9.17) is 4.74 Å². The van der Waals surface area contributed by atoms with E-state index in [-0.39, 0.29) is 5.41 Å². The molecule has 1 aromatic rings. The third-order valence-corrected chi connectivity index (χ3v) is 3.33. The smallest absolute Gasteiger partial charge is 0.162 e. The van der Waals surface area contributed by atoms with Gasteiger partial charge in [-0.2, -0.15) is 0 Å². The zero-order valence-corrected chi connectivity index (χ0v) is 9.93. The summed E-state index contributed by atoms with van der Waals surface area (Å²) in [5, 5.41) is 3.11. The Kier molecular flexibility index (Phi) is 3.74. The van der Waals surface area contributed by atoms with Gasteiger partial charge in [0, 0.05) is 18.6 Å². The molecule has 2 rings (SSSR count). The van der Waals surface area contributed by atoms with Gasteiger partial charge >= 0.3 is 0 Å².